The van der Waals surface area contributed by atoms with E-state index >= 15 is 0 Å². The number of hydrogen-bond donors (Lipinski definition) is 1. The molecule has 7 heteroatoms. The summed E-state index contributed by atoms with van der Waals surface area (Å²) in [4.78, 5) is 13.8. The van der Waals surface area contributed by atoms with Gasteiger partial charge in [-0.3, -0.25) is 9.36 Å². The predicted octanol–water partition coefficient (Wildman–Crippen LogP) is 6.06. The van der Waals surface area contributed by atoms with E-state index in [4.69, 9.17) is 0 Å². The van der Waals surface area contributed by atoms with Crippen LogP contribution in [0.5, 0.6) is 0 Å². The molecule has 0 spiro atoms. The maximum Gasteiger partial charge on any atom is 0.234 e. The normalized spacial score (nSPS) is 11.4. The van der Waals surface area contributed by atoms with Gasteiger partial charge in [-0.05, 0) is 56.9 Å². The van der Waals surface area contributed by atoms with Crippen molar-refractivity contribution < 1.29 is 4.79 Å². The number of rotatable bonds is 7. The van der Waals surface area contributed by atoms with E-state index in [0.717, 1.165) is 33.4 Å². The van der Waals surface area contributed by atoms with Crippen LogP contribution in [0, 0.1) is 13.8 Å². The lowest BCUT2D eigenvalue weighted by atomic mass is 10.1. The van der Waals surface area contributed by atoms with Crippen molar-refractivity contribution in [2.75, 3.05) is 11.1 Å². The number of carbonyl (C=O) groups is 1. The Morgan fingerprint density at radius 2 is 1.97 bits per heavy atom. The molecule has 2 aromatic heterocycles. The molecule has 3 aromatic rings. The second kappa shape index (κ2) is 9.13. The Labute approximate surface area is 180 Å². The molecule has 1 amide bonds. The minimum Gasteiger partial charge on any atom is -0.325 e. The van der Waals surface area contributed by atoms with Crippen LogP contribution in [0.25, 0.3) is 11.4 Å². The van der Waals surface area contributed by atoms with Gasteiger partial charge in [-0.15, -0.1) is 21.5 Å². The van der Waals surface area contributed by atoms with Crippen molar-refractivity contribution in [1.82, 2.24) is 14.8 Å². The molecule has 0 saturated heterocycles. The molecule has 0 aliphatic carbocycles. The second-order valence-corrected chi connectivity index (χ2v) is 9.63. The number of benzene rings is 1. The molecule has 0 radical (unpaired) electrons. The summed E-state index contributed by atoms with van der Waals surface area (Å²) in [6.07, 6.45) is 0. The van der Waals surface area contributed by atoms with E-state index in [0.29, 0.717) is 11.7 Å². The van der Waals surface area contributed by atoms with Crippen LogP contribution in [-0.2, 0) is 4.79 Å². The van der Waals surface area contributed by atoms with E-state index in [9.17, 15) is 4.79 Å². The average Bonchev–Trinajstić information content (AvgIpc) is 3.30. The minimum atomic E-state index is -0.0406. The lowest BCUT2D eigenvalue weighted by molar-refractivity contribution is -0.113. The van der Waals surface area contributed by atoms with Crippen LogP contribution in [0.3, 0.4) is 0 Å². The number of carbonyl (C=O) groups excluding carboxylic acids is 1. The molecule has 0 saturated carbocycles. The van der Waals surface area contributed by atoms with Crippen LogP contribution < -0.4 is 5.32 Å². The van der Waals surface area contributed by atoms with Crippen molar-refractivity contribution in [3.63, 3.8) is 0 Å². The van der Waals surface area contributed by atoms with Crippen LogP contribution in [0.15, 0.2) is 34.8 Å². The van der Waals surface area contributed by atoms with Crippen molar-refractivity contribution >= 4 is 34.7 Å². The summed E-state index contributed by atoms with van der Waals surface area (Å²) in [6, 6.07) is 8.33. The Balaban J connectivity index is 1.74. The smallest absolute Gasteiger partial charge is 0.234 e. The molecule has 1 N–H and O–H groups in total. The summed E-state index contributed by atoms with van der Waals surface area (Å²) in [5.74, 6) is 1.60. The molecule has 29 heavy (non-hydrogen) atoms. The van der Waals surface area contributed by atoms with Crippen LogP contribution >= 0.6 is 23.1 Å². The second-order valence-electron chi connectivity index (χ2n) is 7.75. The number of thiophene rings is 1. The van der Waals surface area contributed by atoms with E-state index in [1.165, 1.54) is 16.6 Å². The predicted molar refractivity (Wildman–Crippen MR) is 123 cm³/mol. The minimum absolute atomic E-state index is 0.0406. The Bertz CT molecular complexity index is 1000. The third-order valence-corrected chi connectivity index (χ3v) is 7.02. The quantitative estimate of drug-likeness (QED) is 0.465. The molecule has 0 atom stereocenters. The molecular weight excluding hydrogens is 400 g/mol. The summed E-state index contributed by atoms with van der Waals surface area (Å²) >= 11 is 3.17. The summed E-state index contributed by atoms with van der Waals surface area (Å²) in [6.45, 7) is 12.7. The largest absolute Gasteiger partial charge is 0.325 e. The van der Waals surface area contributed by atoms with Gasteiger partial charge in [0.2, 0.25) is 5.91 Å². The van der Waals surface area contributed by atoms with Crippen molar-refractivity contribution in [2.24, 2.45) is 0 Å². The highest BCUT2D eigenvalue weighted by Gasteiger charge is 2.19. The van der Waals surface area contributed by atoms with Crippen LogP contribution in [0.1, 0.15) is 55.7 Å². The molecule has 0 aliphatic rings. The molecular formula is C22H28N4OS2. The monoisotopic (exact) mass is 428 g/mol. The van der Waals surface area contributed by atoms with E-state index in [1.54, 1.807) is 11.3 Å². The Morgan fingerprint density at radius 1 is 1.21 bits per heavy atom. The van der Waals surface area contributed by atoms with Gasteiger partial charge in [-0.25, -0.2) is 0 Å². The van der Waals surface area contributed by atoms with Crippen molar-refractivity contribution in [1.29, 1.82) is 0 Å². The van der Waals surface area contributed by atoms with Gasteiger partial charge in [0.05, 0.1) is 5.75 Å². The first-order chi connectivity index (χ1) is 13.8. The van der Waals surface area contributed by atoms with Gasteiger partial charge in [-0.1, -0.05) is 37.7 Å². The topological polar surface area (TPSA) is 59.8 Å². The third-order valence-electron chi connectivity index (χ3n) is 4.84. The number of nitrogens with zero attached hydrogens (tertiary/aromatic N) is 3. The van der Waals surface area contributed by atoms with E-state index < -0.39 is 0 Å². The molecule has 0 bridgehead atoms. The van der Waals surface area contributed by atoms with Gasteiger partial charge in [0.1, 0.15) is 0 Å². The highest BCUT2D eigenvalue weighted by atomic mass is 32.2. The van der Waals surface area contributed by atoms with Crippen molar-refractivity contribution in [3.8, 4) is 11.4 Å². The number of nitrogens with one attached hydrogen (secondary N) is 1. The first kappa shape index (κ1) is 21.6. The molecule has 3 rings (SSSR count). The number of aromatic nitrogens is 3. The zero-order chi connectivity index (χ0) is 21.1. The maximum atomic E-state index is 12.5. The van der Waals surface area contributed by atoms with Gasteiger partial charge in [-0.2, -0.15) is 0 Å². The average molecular weight is 429 g/mol. The lowest BCUT2D eigenvalue weighted by Crippen LogP contribution is -2.16. The van der Waals surface area contributed by atoms with Gasteiger partial charge in [0.15, 0.2) is 11.0 Å². The molecule has 5 nitrogen and oxygen atoms in total. The third kappa shape index (κ3) is 4.90. The number of thioether (sulfide) groups is 1. The van der Waals surface area contributed by atoms with Crippen molar-refractivity contribution in [2.45, 2.75) is 58.7 Å². The fourth-order valence-corrected chi connectivity index (χ4v) is 4.78. The fraction of sp³-hybridized carbons (Fsp3) is 0.409. The Morgan fingerprint density at radius 3 is 2.62 bits per heavy atom. The number of aryl methyl sites for hydroxylation is 1. The number of hydrogen-bond acceptors (Lipinski definition) is 5. The molecule has 0 fully saturated rings. The van der Waals surface area contributed by atoms with Gasteiger partial charge >= 0.3 is 0 Å². The van der Waals surface area contributed by atoms with E-state index in [-0.39, 0.29) is 11.9 Å². The maximum absolute atomic E-state index is 12.5. The summed E-state index contributed by atoms with van der Waals surface area (Å²) < 4.78 is 2.11. The van der Waals surface area contributed by atoms with Gasteiger partial charge in [0, 0.05) is 27.5 Å². The first-order valence-corrected chi connectivity index (χ1v) is 11.7. The Kier molecular flexibility index (Phi) is 6.80. The fourth-order valence-electron chi connectivity index (χ4n) is 3.01. The Hall–Kier alpha value is -2.12. The lowest BCUT2D eigenvalue weighted by Gasteiger charge is -2.13. The zero-order valence-electron chi connectivity index (χ0n) is 17.8. The summed E-state index contributed by atoms with van der Waals surface area (Å²) in [5.41, 5.74) is 4.21. The molecule has 1 aromatic carbocycles. The van der Waals surface area contributed by atoms with Gasteiger partial charge < -0.3 is 5.32 Å². The van der Waals surface area contributed by atoms with Gasteiger partial charge in [0.25, 0.3) is 0 Å². The van der Waals surface area contributed by atoms with Crippen LogP contribution in [0.2, 0.25) is 0 Å². The van der Waals surface area contributed by atoms with E-state index in [1.807, 2.05) is 32.0 Å². The summed E-state index contributed by atoms with van der Waals surface area (Å²) in [5, 5.41) is 14.7. The highest BCUT2D eigenvalue weighted by Crippen LogP contribution is 2.33. The number of amides is 1. The SMILES string of the molecule is Cc1cccc(NC(=O)CSc2nnc(-c3csc(C(C)C)c3)n2C(C)C)c1C. The molecule has 0 aliphatic heterocycles. The number of anilines is 1. The zero-order valence-corrected chi connectivity index (χ0v) is 19.4. The highest BCUT2D eigenvalue weighted by molar-refractivity contribution is 7.99. The molecule has 154 valence electrons. The van der Waals surface area contributed by atoms with Crippen LogP contribution in [-0.4, -0.2) is 26.4 Å². The molecule has 0 unspecified atom stereocenters. The van der Waals surface area contributed by atoms with Crippen LogP contribution in [0.4, 0.5) is 5.69 Å². The summed E-state index contributed by atoms with van der Waals surface area (Å²) in [7, 11) is 0. The van der Waals surface area contributed by atoms with E-state index in [2.05, 4.69) is 59.2 Å². The molecule has 2 heterocycles. The first-order valence-electron chi connectivity index (χ1n) is 9.80. The van der Waals surface area contributed by atoms with Crippen molar-refractivity contribution in [3.05, 3.63) is 45.6 Å². The standard InChI is InChI=1S/C22H28N4OS2/c1-13(2)19-10-17(11-28-19)21-24-25-22(26(21)14(3)4)29-12-20(27)23-18-9-7-8-15(5)16(18)6/h7-11,13-14H,12H2,1-6H3,(H,23,27).